The van der Waals surface area contributed by atoms with Gasteiger partial charge in [-0.2, -0.15) is 0 Å². The van der Waals surface area contributed by atoms with Gasteiger partial charge in [0.15, 0.2) is 5.41 Å². The van der Waals surface area contributed by atoms with Crippen molar-refractivity contribution in [3.05, 3.63) is 29.3 Å². The number of anilines is 1. The number of halogens is 1. The zero-order valence-corrected chi connectivity index (χ0v) is 15.3. The number of carbonyl (C=O) groups excluding carboxylic acids is 3. The average molecular weight is 398 g/mol. The molecule has 0 bridgehead atoms. The van der Waals surface area contributed by atoms with Gasteiger partial charge in [-0.1, -0.05) is 23.7 Å². The van der Waals surface area contributed by atoms with Crippen molar-refractivity contribution in [2.45, 2.75) is 18.3 Å². The highest BCUT2D eigenvalue weighted by atomic mass is 35.5. The van der Waals surface area contributed by atoms with Crippen LogP contribution in [0.25, 0.3) is 0 Å². The SMILES string of the molecule is CC(=O)N(c1ccccc1Cl)C1C(=O)N2CC(C(N)=O)(C(=O)O)CS[C@H]12. The minimum absolute atomic E-state index is 0.0725. The number of fused-ring (bicyclic) bond motifs is 1. The molecular formula is C16H16ClN3O5S. The Morgan fingerprint density at radius 3 is 2.58 bits per heavy atom. The van der Waals surface area contributed by atoms with E-state index in [2.05, 4.69) is 0 Å². The predicted molar refractivity (Wildman–Crippen MR) is 95.6 cm³/mol. The molecule has 1 aromatic carbocycles. The van der Waals surface area contributed by atoms with Crippen LogP contribution < -0.4 is 10.6 Å². The van der Waals surface area contributed by atoms with Gasteiger partial charge < -0.3 is 15.7 Å². The minimum atomic E-state index is -1.83. The quantitative estimate of drug-likeness (QED) is 0.564. The van der Waals surface area contributed by atoms with E-state index in [4.69, 9.17) is 17.3 Å². The summed E-state index contributed by atoms with van der Waals surface area (Å²) < 4.78 is 0. The fourth-order valence-corrected chi connectivity index (χ4v) is 5.02. The van der Waals surface area contributed by atoms with E-state index in [1.54, 1.807) is 24.3 Å². The second kappa shape index (κ2) is 6.48. The molecule has 2 unspecified atom stereocenters. The Kier molecular flexibility index (Phi) is 4.61. The first-order chi connectivity index (χ1) is 12.2. The molecule has 3 N–H and O–H groups in total. The van der Waals surface area contributed by atoms with E-state index in [1.165, 1.54) is 16.7 Å². The normalized spacial score (nSPS) is 27.3. The molecule has 0 spiro atoms. The van der Waals surface area contributed by atoms with E-state index in [0.29, 0.717) is 10.7 Å². The van der Waals surface area contributed by atoms with Crippen LogP contribution in [0.4, 0.5) is 5.69 Å². The van der Waals surface area contributed by atoms with E-state index in [9.17, 15) is 24.3 Å². The molecular weight excluding hydrogens is 382 g/mol. The Morgan fingerprint density at radius 1 is 1.38 bits per heavy atom. The lowest BCUT2D eigenvalue weighted by atomic mass is 9.86. The molecule has 2 heterocycles. The van der Waals surface area contributed by atoms with Crippen molar-refractivity contribution in [1.29, 1.82) is 0 Å². The predicted octanol–water partition coefficient (Wildman–Crippen LogP) is 0.533. The van der Waals surface area contributed by atoms with Gasteiger partial charge in [-0.25, -0.2) is 0 Å². The van der Waals surface area contributed by atoms with Crippen LogP contribution in [-0.2, 0) is 19.2 Å². The molecule has 3 rings (SSSR count). The Labute approximate surface area is 158 Å². The van der Waals surface area contributed by atoms with Gasteiger partial charge in [0.1, 0.15) is 11.4 Å². The van der Waals surface area contributed by atoms with Crippen LogP contribution in [0.3, 0.4) is 0 Å². The summed E-state index contributed by atoms with van der Waals surface area (Å²) in [4.78, 5) is 50.8. The van der Waals surface area contributed by atoms with E-state index in [-0.39, 0.29) is 18.2 Å². The van der Waals surface area contributed by atoms with E-state index in [0.717, 1.165) is 11.8 Å². The first-order valence-corrected chi connectivity index (χ1v) is 9.13. The number of primary amides is 1. The van der Waals surface area contributed by atoms with Crippen molar-refractivity contribution in [2.75, 3.05) is 17.2 Å². The van der Waals surface area contributed by atoms with E-state index >= 15 is 0 Å². The number of carboxylic acids is 1. The Balaban J connectivity index is 1.91. The molecule has 138 valence electrons. The smallest absolute Gasteiger partial charge is 0.321 e. The van der Waals surface area contributed by atoms with Gasteiger partial charge in [0.05, 0.1) is 10.7 Å². The summed E-state index contributed by atoms with van der Waals surface area (Å²) in [6.07, 6.45) is 0. The van der Waals surface area contributed by atoms with Gasteiger partial charge in [0.25, 0.3) is 0 Å². The lowest BCUT2D eigenvalue weighted by molar-refractivity contribution is -0.161. The number of nitrogens with two attached hydrogens (primary N) is 1. The summed E-state index contributed by atoms with van der Waals surface area (Å²) in [6.45, 7) is 1.02. The number of carbonyl (C=O) groups is 4. The molecule has 2 saturated heterocycles. The second-order valence-electron chi connectivity index (χ2n) is 6.20. The van der Waals surface area contributed by atoms with Crippen molar-refractivity contribution in [3.63, 3.8) is 0 Å². The molecule has 3 atom stereocenters. The Bertz CT molecular complexity index is 803. The molecule has 2 aliphatic heterocycles. The minimum Gasteiger partial charge on any atom is -0.480 e. The van der Waals surface area contributed by atoms with E-state index < -0.39 is 34.6 Å². The first-order valence-electron chi connectivity index (χ1n) is 7.70. The third-order valence-corrected chi connectivity index (χ3v) is 6.50. The summed E-state index contributed by atoms with van der Waals surface area (Å²) in [5.74, 6) is -3.22. The number of carboxylic acid groups (broad SMARTS) is 1. The number of hydrogen-bond acceptors (Lipinski definition) is 5. The number of amides is 3. The van der Waals surface area contributed by atoms with Crippen LogP contribution in [-0.4, -0.2) is 57.4 Å². The number of β-lactam (4-membered cyclic amide) rings is 1. The molecule has 0 aromatic heterocycles. The summed E-state index contributed by atoms with van der Waals surface area (Å²) in [5.41, 5.74) is 3.86. The number of rotatable bonds is 4. The van der Waals surface area contributed by atoms with Crippen molar-refractivity contribution < 1.29 is 24.3 Å². The summed E-state index contributed by atoms with van der Waals surface area (Å²) >= 11 is 7.30. The molecule has 1 aromatic rings. The number of benzene rings is 1. The number of aliphatic carboxylic acids is 1. The largest absolute Gasteiger partial charge is 0.480 e. The summed E-state index contributed by atoms with van der Waals surface area (Å²) in [6, 6.07) is 5.86. The topological polar surface area (TPSA) is 121 Å². The van der Waals surface area contributed by atoms with Crippen LogP contribution in [0.15, 0.2) is 24.3 Å². The molecule has 0 saturated carbocycles. The number of thioether (sulfide) groups is 1. The molecule has 2 aliphatic rings. The van der Waals surface area contributed by atoms with Crippen LogP contribution in [0.5, 0.6) is 0 Å². The van der Waals surface area contributed by atoms with Crippen molar-refractivity contribution >= 4 is 52.7 Å². The molecule has 2 fully saturated rings. The number of nitrogens with zero attached hydrogens (tertiary/aromatic N) is 2. The maximum absolute atomic E-state index is 12.7. The highest BCUT2D eigenvalue weighted by Gasteiger charge is 2.61. The third kappa shape index (κ3) is 2.62. The standard InChI is InChI=1S/C16H16ClN3O5S/c1-8(21)20(10-5-3-2-4-9(10)17)11-12(22)19-6-16(14(18)23,15(24)25)7-26-13(11)19/h2-5,11,13H,6-7H2,1H3,(H2,18,23)(H,24,25)/t11?,13-,16?/m1/s1. The maximum Gasteiger partial charge on any atom is 0.321 e. The fourth-order valence-electron chi connectivity index (χ4n) is 3.20. The van der Waals surface area contributed by atoms with Gasteiger partial charge in [0.2, 0.25) is 17.7 Å². The summed E-state index contributed by atoms with van der Waals surface area (Å²) in [5, 5.41) is 9.28. The van der Waals surface area contributed by atoms with Crippen molar-refractivity contribution in [3.8, 4) is 0 Å². The Morgan fingerprint density at radius 2 is 2.04 bits per heavy atom. The van der Waals surface area contributed by atoms with Crippen molar-refractivity contribution in [2.24, 2.45) is 11.1 Å². The van der Waals surface area contributed by atoms with Gasteiger partial charge in [-0.05, 0) is 12.1 Å². The summed E-state index contributed by atoms with van der Waals surface area (Å²) in [7, 11) is 0. The lowest BCUT2D eigenvalue weighted by Crippen LogP contribution is -2.75. The zero-order chi connectivity index (χ0) is 19.2. The molecule has 8 nitrogen and oxygen atoms in total. The third-order valence-electron chi connectivity index (χ3n) is 4.66. The number of hydrogen-bond donors (Lipinski definition) is 2. The maximum atomic E-state index is 12.7. The lowest BCUT2D eigenvalue weighted by Gasteiger charge is -2.55. The average Bonchev–Trinajstić information content (AvgIpc) is 2.58. The highest BCUT2D eigenvalue weighted by Crippen LogP contribution is 2.45. The van der Waals surface area contributed by atoms with Crippen molar-refractivity contribution in [1.82, 2.24) is 4.90 Å². The monoisotopic (exact) mass is 397 g/mol. The highest BCUT2D eigenvalue weighted by molar-refractivity contribution is 8.00. The van der Waals surface area contributed by atoms with Crippen LogP contribution in [0.2, 0.25) is 5.02 Å². The van der Waals surface area contributed by atoms with Crippen LogP contribution >= 0.6 is 23.4 Å². The molecule has 3 amide bonds. The molecule has 26 heavy (non-hydrogen) atoms. The zero-order valence-electron chi connectivity index (χ0n) is 13.7. The molecule has 10 heteroatoms. The number of para-hydroxylation sites is 1. The van der Waals surface area contributed by atoms with E-state index in [1.807, 2.05) is 0 Å². The fraction of sp³-hybridized carbons (Fsp3) is 0.375. The first kappa shape index (κ1) is 18.5. The van der Waals surface area contributed by atoms with Crippen LogP contribution in [0, 0.1) is 5.41 Å². The Hall–Kier alpha value is -2.26. The second-order valence-corrected chi connectivity index (χ2v) is 7.72. The van der Waals surface area contributed by atoms with Gasteiger partial charge >= 0.3 is 5.97 Å². The van der Waals surface area contributed by atoms with Gasteiger partial charge in [-0.3, -0.25) is 24.1 Å². The van der Waals surface area contributed by atoms with Gasteiger partial charge in [-0.15, -0.1) is 11.8 Å². The molecule has 0 aliphatic carbocycles. The van der Waals surface area contributed by atoms with Gasteiger partial charge in [0, 0.05) is 19.2 Å². The van der Waals surface area contributed by atoms with Crippen LogP contribution in [0.1, 0.15) is 6.92 Å². The molecule has 0 radical (unpaired) electrons.